The van der Waals surface area contributed by atoms with E-state index in [0.717, 1.165) is 32.1 Å². The van der Waals surface area contributed by atoms with Gasteiger partial charge in [0.25, 0.3) is 0 Å². The van der Waals surface area contributed by atoms with E-state index in [1.807, 2.05) is 0 Å². The summed E-state index contributed by atoms with van der Waals surface area (Å²) in [6, 6.07) is 0. The average molecular weight is 185 g/mol. The molecule has 0 bridgehead atoms. The molecule has 0 aromatic rings. The fourth-order valence-electron chi connectivity index (χ4n) is 1.49. The smallest absolute Gasteiger partial charge is 0.0506 e. The first-order valence-corrected chi connectivity index (χ1v) is 5.36. The molecule has 0 aromatic carbocycles. The standard InChI is InChI=1S/C11H23NO/c1-11(2,3)5-7-13-9-10-4-6-12-8-10/h10,12H,4-9H2,1-3H3. The molecular formula is C11H23NO. The molecule has 2 heteroatoms. The second-order valence-electron chi connectivity index (χ2n) is 5.24. The molecule has 1 atom stereocenters. The topological polar surface area (TPSA) is 21.3 Å². The molecular weight excluding hydrogens is 162 g/mol. The molecule has 0 spiro atoms. The largest absolute Gasteiger partial charge is 0.381 e. The summed E-state index contributed by atoms with van der Waals surface area (Å²) in [4.78, 5) is 0. The molecule has 0 amide bonds. The quantitative estimate of drug-likeness (QED) is 0.677. The van der Waals surface area contributed by atoms with E-state index in [-0.39, 0.29) is 0 Å². The van der Waals surface area contributed by atoms with Gasteiger partial charge in [0.2, 0.25) is 0 Å². The highest BCUT2D eigenvalue weighted by atomic mass is 16.5. The summed E-state index contributed by atoms with van der Waals surface area (Å²) < 4.78 is 5.65. The van der Waals surface area contributed by atoms with E-state index in [4.69, 9.17) is 4.74 Å². The minimum atomic E-state index is 0.411. The first kappa shape index (κ1) is 11.0. The van der Waals surface area contributed by atoms with E-state index in [9.17, 15) is 0 Å². The van der Waals surface area contributed by atoms with Crippen molar-refractivity contribution in [3.05, 3.63) is 0 Å². The van der Waals surface area contributed by atoms with Crippen LogP contribution in [-0.4, -0.2) is 26.3 Å². The predicted molar refractivity (Wildman–Crippen MR) is 55.9 cm³/mol. The summed E-state index contributed by atoms with van der Waals surface area (Å²) in [7, 11) is 0. The van der Waals surface area contributed by atoms with Crippen molar-refractivity contribution >= 4 is 0 Å². The molecule has 1 N–H and O–H groups in total. The zero-order valence-corrected chi connectivity index (χ0v) is 9.23. The van der Waals surface area contributed by atoms with Crippen LogP contribution < -0.4 is 5.32 Å². The van der Waals surface area contributed by atoms with Gasteiger partial charge in [-0.3, -0.25) is 0 Å². The van der Waals surface area contributed by atoms with Crippen LogP contribution in [0.15, 0.2) is 0 Å². The molecule has 0 aromatic heterocycles. The number of rotatable bonds is 4. The lowest BCUT2D eigenvalue weighted by molar-refractivity contribution is 0.0844. The Morgan fingerprint density at radius 3 is 2.69 bits per heavy atom. The number of hydrogen-bond acceptors (Lipinski definition) is 2. The Bertz CT molecular complexity index is 134. The highest BCUT2D eigenvalue weighted by Gasteiger charge is 2.15. The fourth-order valence-corrected chi connectivity index (χ4v) is 1.49. The van der Waals surface area contributed by atoms with Gasteiger partial charge in [-0.05, 0) is 30.7 Å². The Hall–Kier alpha value is -0.0800. The first-order valence-electron chi connectivity index (χ1n) is 5.36. The predicted octanol–water partition coefficient (Wildman–Crippen LogP) is 2.05. The van der Waals surface area contributed by atoms with E-state index < -0.39 is 0 Å². The second kappa shape index (κ2) is 4.97. The van der Waals surface area contributed by atoms with Crippen LogP contribution in [0.5, 0.6) is 0 Å². The molecule has 0 saturated carbocycles. The van der Waals surface area contributed by atoms with Crippen molar-refractivity contribution in [1.29, 1.82) is 0 Å². The van der Waals surface area contributed by atoms with Gasteiger partial charge in [-0.15, -0.1) is 0 Å². The lowest BCUT2D eigenvalue weighted by atomic mass is 9.93. The van der Waals surface area contributed by atoms with Crippen molar-refractivity contribution in [2.45, 2.75) is 33.6 Å². The van der Waals surface area contributed by atoms with Gasteiger partial charge in [-0.1, -0.05) is 20.8 Å². The van der Waals surface area contributed by atoms with E-state index in [1.54, 1.807) is 0 Å². The van der Waals surface area contributed by atoms with Crippen LogP contribution in [0.3, 0.4) is 0 Å². The number of ether oxygens (including phenoxy) is 1. The molecule has 1 unspecified atom stereocenters. The maximum absolute atomic E-state index is 5.65. The van der Waals surface area contributed by atoms with Gasteiger partial charge in [-0.25, -0.2) is 0 Å². The highest BCUT2D eigenvalue weighted by molar-refractivity contribution is 4.70. The second-order valence-corrected chi connectivity index (χ2v) is 5.24. The van der Waals surface area contributed by atoms with Crippen LogP contribution in [-0.2, 0) is 4.74 Å². The molecule has 1 fully saturated rings. The zero-order chi connectivity index (χ0) is 9.73. The van der Waals surface area contributed by atoms with Crippen LogP contribution in [0.2, 0.25) is 0 Å². The first-order chi connectivity index (χ1) is 6.08. The minimum Gasteiger partial charge on any atom is -0.381 e. The molecule has 1 rings (SSSR count). The van der Waals surface area contributed by atoms with Gasteiger partial charge in [0.1, 0.15) is 0 Å². The van der Waals surface area contributed by atoms with Gasteiger partial charge in [0, 0.05) is 13.2 Å². The highest BCUT2D eigenvalue weighted by Crippen LogP contribution is 2.18. The summed E-state index contributed by atoms with van der Waals surface area (Å²) in [6.07, 6.45) is 2.45. The van der Waals surface area contributed by atoms with Gasteiger partial charge in [-0.2, -0.15) is 0 Å². The van der Waals surface area contributed by atoms with Crippen molar-refractivity contribution in [2.24, 2.45) is 11.3 Å². The van der Waals surface area contributed by atoms with Crippen LogP contribution in [0.4, 0.5) is 0 Å². The molecule has 0 radical (unpaired) electrons. The summed E-state index contributed by atoms with van der Waals surface area (Å²) in [5.41, 5.74) is 0.411. The van der Waals surface area contributed by atoms with Crippen LogP contribution in [0.1, 0.15) is 33.6 Å². The summed E-state index contributed by atoms with van der Waals surface area (Å²) in [5, 5.41) is 3.35. The van der Waals surface area contributed by atoms with E-state index in [2.05, 4.69) is 26.1 Å². The Kier molecular flexibility index (Phi) is 4.20. The number of hydrogen-bond donors (Lipinski definition) is 1. The van der Waals surface area contributed by atoms with Crippen molar-refractivity contribution < 1.29 is 4.74 Å². The SMILES string of the molecule is CC(C)(C)CCOCC1CCNC1. The Labute approximate surface area is 82.0 Å². The fraction of sp³-hybridized carbons (Fsp3) is 1.00. The lowest BCUT2D eigenvalue weighted by Gasteiger charge is -2.18. The third kappa shape index (κ3) is 5.27. The van der Waals surface area contributed by atoms with E-state index >= 15 is 0 Å². The normalized spacial score (nSPS) is 23.8. The van der Waals surface area contributed by atoms with Crippen LogP contribution in [0.25, 0.3) is 0 Å². The average Bonchev–Trinajstić information content (AvgIpc) is 2.48. The Balaban J connectivity index is 1.94. The molecule has 2 nitrogen and oxygen atoms in total. The van der Waals surface area contributed by atoms with E-state index in [0.29, 0.717) is 5.41 Å². The molecule has 1 saturated heterocycles. The molecule has 0 aliphatic carbocycles. The van der Waals surface area contributed by atoms with E-state index in [1.165, 1.54) is 13.0 Å². The van der Waals surface area contributed by atoms with Gasteiger partial charge in [0.05, 0.1) is 6.61 Å². The summed E-state index contributed by atoms with van der Waals surface area (Å²) in [6.45, 7) is 11.0. The van der Waals surface area contributed by atoms with Crippen molar-refractivity contribution in [2.75, 3.05) is 26.3 Å². The van der Waals surface area contributed by atoms with Gasteiger partial charge >= 0.3 is 0 Å². The van der Waals surface area contributed by atoms with Crippen molar-refractivity contribution in [3.63, 3.8) is 0 Å². The maximum Gasteiger partial charge on any atom is 0.0506 e. The van der Waals surface area contributed by atoms with Crippen LogP contribution >= 0.6 is 0 Å². The van der Waals surface area contributed by atoms with Gasteiger partial charge in [0.15, 0.2) is 0 Å². The lowest BCUT2D eigenvalue weighted by Crippen LogP contribution is -2.16. The van der Waals surface area contributed by atoms with Gasteiger partial charge < -0.3 is 10.1 Å². The monoisotopic (exact) mass is 185 g/mol. The van der Waals surface area contributed by atoms with Crippen molar-refractivity contribution in [1.82, 2.24) is 5.32 Å². The molecule has 13 heavy (non-hydrogen) atoms. The zero-order valence-electron chi connectivity index (χ0n) is 9.23. The Morgan fingerprint density at radius 2 is 2.15 bits per heavy atom. The molecule has 1 heterocycles. The van der Waals surface area contributed by atoms with Crippen molar-refractivity contribution in [3.8, 4) is 0 Å². The third-order valence-corrected chi connectivity index (χ3v) is 2.51. The molecule has 1 aliphatic heterocycles. The van der Waals surface area contributed by atoms with Crippen LogP contribution in [0, 0.1) is 11.3 Å². The molecule has 1 aliphatic rings. The molecule has 78 valence electrons. The minimum absolute atomic E-state index is 0.411. The summed E-state index contributed by atoms with van der Waals surface area (Å²) in [5.74, 6) is 0.764. The number of nitrogens with one attached hydrogen (secondary N) is 1. The Morgan fingerprint density at radius 1 is 1.38 bits per heavy atom. The maximum atomic E-state index is 5.65. The third-order valence-electron chi connectivity index (χ3n) is 2.51. The summed E-state index contributed by atoms with van der Waals surface area (Å²) >= 11 is 0.